The number of aryl methyl sites for hydroxylation is 1. The van der Waals surface area contributed by atoms with Gasteiger partial charge < -0.3 is 5.11 Å². The number of aliphatic hydroxyl groups excluding tert-OH is 1. The van der Waals surface area contributed by atoms with Crippen molar-refractivity contribution < 1.29 is 13.9 Å². The van der Waals surface area contributed by atoms with Crippen LogP contribution in [-0.4, -0.2) is 5.11 Å². The van der Waals surface area contributed by atoms with Crippen molar-refractivity contribution in [1.82, 2.24) is 0 Å². The average Bonchev–Trinajstić information content (AvgIpc) is 2.32. The summed E-state index contributed by atoms with van der Waals surface area (Å²) in [6.45, 7) is 1.76. The molecule has 18 heavy (non-hydrogen) atoms. The number of benzene rings is 2. The van der Waals surface area contributed by atoms with Gasteiger partial charge in [0, 0.05) is 5.02 Å². The fourth-order valence-electron chi connectivity index (χ4n) is 1.78. The second-order valence-corrected chi connectivity index (χ2v) is 4.45. The zero-order valence-electron chi connectivity index (χ0n) is 9.62. The predicted octanol–water partition coefficient (Wildman–Crippen LogP) is 4.01. The third-order valence-electron chi connectivity index (χ3n) is 2.77. The maximum atomic E-state index is 13.5. The molecule has 4 heteroatoms. The summed E-state index contributed by atoms with van der Waals surface area (Å²) in [6.07, 6.45) is -1.35. The summed E-state index contributed by atoms with van der Waals surface area (Å²) in [6, 6.07) is 8.24. The van der Waals surface area contributed by atoms with Gasteiger partial charge >= 0.3 is 0 Å². The zero-order chi connectivity index (χ0) is 13.3. The molecule has 0 fully saturated rings. The van der Waals surface area contributed by atoms with Gasteiger partial charge in [-0.3, -0.25) is 0 Å². The molecule has 2 aromatic carbocycles. The molecule has 0 radical (unpaired) electrons. The lowest BCUT2D eigenvalue weighted by atomic mass is 9.99. The standard InChI is InChI=1S/C14H11ClF2O/c1-8-7-9(5-6-10(8)15)14(18)13-11(16)3-2-4-12(13)17/h2-7,14,18H,1H3. The van der Waals surface area contributed by atoms with Crippen LogP contribution in [0.4, 0.5) is 8.78 Å². The lowest BCUT2D eigenvalue weighted by molar-refractivity contribution is 0.209. The Kier molecular flexibility index (Phi) is 3.64. The molecule has 0 saturated carbocycles. The monoisotopic (exact) mass is 268 g/mol. The fraction of sp³-hybridized carbons (Fsp3) is 0.143. The first-order chi connectivity index (χ1) is 8.50. The van der Waals surface area contributed by atoms with E-state index in [4.69, 9.17) is 11.6 Å². The van der Waals surface area contributed by atoms with Gasteiger partial charge in [0.25, 0.3) is 0 Å². The van der Waals surface area contributed by atoms with Gasteiger partial charge in [0.15, 0.2) is 0 Å². The SMILES string of the molecule is Cc1cc(C(O)c2c(F)cccc2F)ccc1Cl. The summed E-state index contributed by atoms with van der Waals surface area (Å²) in [5.74, 6) is -1.54. The minimum absolute atomic E-state index is 0.348. The Morgan fingerprint density at radius 3 is 2.28 bits per heavy atom. The van der Waals surface area contributed by atoms with Crippen LogP contribution in [0.1, 0.15) is 22.8 Å². The van der Waals surface area contributed by atoms with E-state index in [2.05, 4.69) is 0 Å². The molecular formula is C14H11ClF2O. The Bertz CT molecular complexity index is 564. The van der Waals surface area contributed by atoms with Crippen molar-refractivity contribution in [2.75, 3.05) is 0 Å². The van der Waals surface area contributed by atoms with Gasteiger partial charge in [-0.2, -0.15) is 0 Å². The molecule has 94 valence electrons. The molecule has 2 aromatic rings. The molecule has 0 aliphatic carbocycles. The van der Waals surface area contributed by atoms with Crippen molar-refractivity contribution >= 4 is 11.6 Å². The van der Waals surface area contributed by atoms with E-state index in [1.165, 1.54) is 6.07 Å². The number of rotatable bonds is 2. The molecule has 0 heterocycles. The lowest BCUT2D eigenvalue weighted by Gasteiger charge is -2.14. The molecule has 1 N–H and O–H groups in total. The zero-order valence-corrected chi connectivity index (χ0v) is 10.4. The molecule has 1 unspecified atom stereocenters. The second-order valence-electron chi connectivity index (χ2n) is 4.05. The fourth-order valence-corrected chi connectivity index (χ4v) is 1.89. The number of aliphatic hydroxyl groups is 1. The normalized spacial score (nSPS) is 12.5. The van der Waals surface area contributed by atoms with Crippen molar-refractivity contribution in [1.29, 1.82) is 0 Å². The van der Waals surface area contributed by atoms with Crippen LogP contribution >= 0.6 is 11.6 Å². The molecule has 0 saturated heterocycles. The smallest absolute Gasteiger partial charge is 0.132 e. The van der Waals surface area contributed by atoms with Crippen LogP contribution in [0.15, 0.2) is 36.4 Å². The summed E-state index contributed by atoms with van der Waals surface area (Å²) in [4.78, 5) is 0. The minimum atomic E-state index is -1.35. The maximum absolute atomic E-state index is 13.5. The molecule has 0 aromatic heterocycles. The van der Waals surface area contributed by atoms with Gasteiger partial charge in [-0.1, -0.05) is 29.8 Å². The highest BCUT2D eigenvalue weighted by Crippen LogP contribution is 2.28. The van der Waals surface area contributed by atoms with Crippen molar-refractivity contribution in [3.63, 3.8) is 0 Å². The molecule has 0 aliphatic rings. The Morgan fingerprint density at radius 2 is 1.72 bits per heavy atom. The summed E-state index contributed by atoms with van der Waals surface area (Å²) >= 11 is 5.86. The molecule has 1 atom stereocenters. The van der Waals surface area contributed by atoms with Crippen LogP contribution in [0.25, 0.3) is 0 Å². The molecule has 0 amide bonds. The predicted molar refractivity (Wildman–Crippen MR) is 66.6 cm³/mol. The molecule has 2 rings (SSSR count). The minimum Gasteiger partial charge on any atom is -0.383 e. The first-order valence-electron chi connectivity index (χ1n) is 5.38. The van der Waals surface area contributed by atoms with Crippen LogP contribution in [0.5, 0.6) is 0 Å². The first-order valence-corrected chi connectivity index (χ1v) is 5.76. The van der Waals surface area contributed by atoms with Crippen LogP contribution in [0.2, 0.25) is 5.02 Å². The van der Waals surface area contributed by atoms with E-state index in [1.54, 1.807) is 25.1 Å². The molecule has 0 bridgehead atoms. The highest BCUT2D eigenvalue weighted by Gasteiger charge is 2.19. The molecule has 0 aliphatic heterocycles. The van der Waals surface area contributed by atoms with Gasteiger partial charge in [0.05, 0.1) is 5.56 Å². The highest BCUT2D eigenvalue weighted by molar-refractivity contribution is 6.31. The topological polar surface area (TPSA) is 20.2 Å². The lowest BCUT2D eigenvalue weighted by Crippen LogP contribution is -2.06. The Labute approximate surface area is 109 Å². The quantitative estimate of drug-likeness (QED) is 0.873. The van der Waals surface area contributed by atoms with Gasteiger partial charge in [0.1, 0.15) is 17.7 Å². The first kappa shape index (κ1) is 13.0. The van der Waals surface area contributed by atoms with E-state index in [1.807, 2.05) is 0 Å². The van der Waals surface area contributed by atoms with Crippen molar-refractivity contribution in [2.24, 2.45) is 0 Å². The third-order valence-corrected chi connectivity index (χ3v) is 3.19. The number of hydrogen-bond acceptors (Lipinski definition) is 1. The van der Waals surface area contributed by atoms with E-state index < -0.39 is 17.7 Å². The molecular weight excluding hydrogens is 258 g/mol. The van der Waals surface area contributed by atoms with E-state index in [-0.39, 0.29) is 5.56 Å². The summed E-state index contributed by atoms with van der Waals surface area (Å²) < 4.78 is 27.1. The van der Waals surface area contributed by atoms with E-state index >= 15 is 0 Å². The van der Waals surface area contributed by atoms with Gasteiger partial charge in [-0.25, -0.2) is 8.78 Å². The maximum Gasteiger partial charge on any atom is 0.132 e. The van der Waals surface area contributed by atoms with Crippen molar-refractivity contribution in [2.45, 2.75) is 13.0 Å². The van der Waals surface area contributed by atoms with Crippen LogP contribution in [0, 0.1) is 18.6 Å². The highest BCUT2D eigenvalue weighted by atomic mass is 35.5. The molecule has 1 nitrogen and oxygen atoms in total. The van der Waals surface area contributed by atoms with E-state index in [0.29, 0.717) is 10.6 Å². The van der Waals surface area contributed by atoms with Crippen molar-refractivity contribution in [3.8, 4) is 0 Å². The van der Waals surface area contributed by atoms with E-state index in [9.17, 15) is 13.9 Å². The van der Waals surface area contributed by atoms with Crippen LogP contribution < -0.4 is 0 Å². The Balaban J connectivity index is 2.48. The third kappa shape index (κ3) is 2.37. The average molecular weight is 269 g/mol. The summed E-state index contributed by atoms with van der Waals surface area (Å²) in [5.41, 5.74) is 0.796. The van der Waals surface area contributed by atoms with Crippen LogP contribution in [-0.2, 0) is 0 Å². The van der Waals surface area contributed by atoms with Gasteiger partial charge in [-0.05, 0) is 36.2 Å². The van der Waals surface area contributed by atoms with E-state index in [0.717, 1.165) is 17.7 Å². The summed E-state index contributed by atoms with van der Waals surface area (Å²) in [7, 11) is 0. The van der Waals surface area contributed by atoms with Crippen LogP contribution in [0.3, 0.4) is 0 Å². The second kappa shape index (κ2) is 5.04. The number of hydrogen-bond donors (Lipinski definition) is 1. The van der Waals surface area contributed by atoms with Crippen molar-refractivity contribution in [3.05, 3.63) is 69.7 Å². The Hall–Kier alpha value is -1.45. The van der Waals surface area contributed by atoms with Gasteiger partial charge in [0.2, 0.25) is 0 Å². The largest absolute Gasteiger partial charge is 0.383 e. The van der Waals surface area contributed by atoms with Gasteiger partial charge in [-0.15, -0.1) is 0 Å². The number of halogens is 3. The molecule has 0 spiro atoms. The summed E-state index contributed by atoms with van der Waals surface area (Å²) in [5, 5.41) is 10.6. The Morgan fingerprint density at radius 1 is 1.11 bits per heavy atom.